The molecule has 1 aliphatic rings. The third-order valence-corrected chi connectivity index (χ3v) is 3.66. The molecule has 5 nitrogen and oxygen atoms in total. The Bertz CT molecular complexity index is 439. The lowest BCUT2D eigenvalue weighted by atomic mass is 10.0. The Balaban J connectivity index is 1.90. The van der Waals surface area contributed by atoms with Crippen molar-refractivity contribution in [2.45, 2.75) is 19.3 Å². The van der Waals surface area contributed by atoms with Crippen molar-refractivity contribution in [3.05, 3.63) is 23.9 Å². The molecule has 5 heteroatoms. The maximum Gasteiger partial charge on any atom is 0.254 e. The number of aromatic nitrogens is 1. The summed E-state index contributed by atoms with van der Waals surface area (Å²) in [7, 11) is 3.44. The number of hydrogen-bond acceptors (Lipinski definition) is 4. The number of rotatable bonds is 6. The molecule has 2 N–H and O–H groups in total. The smallest absolute Gasteiger partial charge is 0.254 e. The predicted octanol–water partition coefficient (Wildman–Crippen LogP) is 1.36. The fourth-order valence-electron chi connectivity index (χ4n) is 2.09. The highest BCUT2D eigenvalue weighted by Crippen LogP contribution is 2.48. The minimum atomic E-state index is -0.0435. The zero-order chi connectivity index (χ0) is 13.9. The van der Waals surface area contributed by atoms with Gasteiger partial charge in [0.2, 0.25) is 0 Å². The summed E-state index contributed by atoms with van der Waals surface area (Å²) in [6.07, 6.45) is 4.77. The largest absolute Gasteiger partial charge is 0.396 e. The monoisotopic (exact) mass is 263 g/mol. The molecule has 1 aromatic heterocycles. The van der Waals surface area contributed by atoms with Gasteiger partial charge in [-0.25, -0.2) is 4.98 Å². The van der Waals surface area contributed by atoms with Gasteiger partial charge in [-0.2, -0.15) is 0 Å². The van der Waals surface area contributed by atoms with E-state index in [1.54, 1.807) is 26.4 Å². The van der Waals surface area contributed by atoms with Crippen LogP contribution in [0.25, 0.3) is 0 Å². The first-order valence-electron chi connectivity index (χ1n) is 6.59. The van der Waals surface area contributed by atoms with E-state index in [0.717, 1.165) is 31.6 Å². The maximum absolute atomic E-state index is 11.7. The van der Waals surface area contributed by atoms with Crippen LogP contribution in [0.1, 0.15) is 29.6 Å². The molecule has 0 atom stereocenters. The van der Waals surface area contributed by atoms with Gasteiger partial charge in [0.05, 0.1) is 5.56 Å². The van der Waals surface area contributed by atoms with E-state index in [9.17, 15) is 4.79 Å². The fourth-order valence-corrected chi connectivity index (χ4v) is 2.09. The minimum absolute atomic E-state index is 0.0435. The Morgan fingerprint density at radius 1 is 1.47 bits per heavy atom. The first-order chi connectivity index (χ1) is 9.06. The molecule has 0 radical (unpaired) electrons. The Morgan fingerprint density at radius 2 is 2.21 bits per heavy atom. The third-order valence-electron chi connectivity index (χ3n) is 3.66. The summed E-state index contributed by atoms with van der Waals surface area (Å²) < 4.78 is 0. The number of aliphatic hydroxyl groups is 1. The highest BCUT2D eigenvalue weighted by molar-refractivity contribution is 5.93. The number of carbonyl (C=O) groups excluding carboxylic acids is 1. The Morgan fingerprint density at radius 3 is 2.68 bits per heavy atom. The molecule has 1 saturated carbocycles. The van der Waals surface area contributed by atoms with Crippen LogP contribution in [-0.2, 0) is 0 Å². The molecule has 0 saturated heterocycles. The van der Waals surface area contributed by atoms with Gasteiger partial charge in [-0.1, -0.05) is 0 Å². The van der Waals surface area contributed by atoms with Crippen molar-refractivity contribution in [1.82, 2.24) is 9.88 Å². The van der Waals surface area contributed by atoms with Gasteiger partial charge in [0.25, 0.3) is 5.91 Å². The van der Waals surface area contributed by atoms with Gasteiger partial charge in [0, 0.05) is 33.4 Å². The summed E-state index contributed by atoms with van der Waals surface area (Å²) in [5.74, 6) is 0.734. The van der Waals surface area contributed by atoms with Gasteiger partial charge >= 0.3 is 0 Å². The van der Waals surface area contributed by atoms with E-state index in [-0.39, 0.29) is 17.9 Å². The quantitative estimate of drug-likeness (QED) is 0.813. The summed E-state index contributed by atoms with van der Waals surface area (Å²) in [6.45, 7) is 1.08. The molecular weight excluding hydrogens is 242 g/mol. The zero-order valence-electron chi connectivity index (χ0n) is 11.5. The van der Waals surface area contributed by atoms with Crippen molar-refractivity contribution in [3.63, 3.8) is 0 Å². The van der Waals surface area contributed by atoms with Gasteiger partial charge in [-0.3, -0.25) is 4.79 Å². The number of aliphatic hydroxyl groups excluding tert-OH is 1. The zero-order valence-corrected chi connectivity index (χ0v) is 11.5. The van der Waals surface area contributed by atoms with Crippen LogP contribution in [0.5, 0.6) is 0 Å². The highest BCUT2D eigenvalue weighted by Gasteiger charge is 2.41. The van der Waals surface area contributed by atoms with Crippen LogP contribution in [-0.4, -0.2) is 48.1 Å². The Hall–Kier alpha value is -1.62. The molecule has 1 aromatic rings. The number of nitrogens with zero attached hydrogens (tertiary/aromatic N) is 2. The molecule has 19 heavy (non-hydrogen) atoms. The topological polar surface area (TPSA) is 65.5 Å². The summed E-state index contributed by atoms with van der Waals surface area (Å²) >= 11 is 0. The van der Waals surface area contributed by atoms with E-state index in [2.05, 4.69) is 10.3 Å². The molecule has 0 spiro atoms. The molecule has 1 aliphatic carbocycles. The van der Waals surface area contributed by atoms with Gasteiger partial charge in [-0.15, -0.1) is 0 Å². The second kappa shape index (κ2) is 5.57. The van der Waals surface area contributed by atoms with Crippen LogP contribution in [0.15, 0.2) is 18.3 Å². The number of anilines is 1. The van der Waals surface area contributed by atoms with Gasteiger partial charge in [0.15, 0.2) is 0 Å². The van der Waals surface area contributed by atoms with Crippen molar-refractivity contribution in [2.24, 2.45) is 5.41 Å². The van der Waals surface area contributed by atoms with Crippen LogP contribution < -0.4 is 5.32 Å². The Labute approximate surface area is 113 Å². The fraction of sp³-hybridized carbons (Fsp3) is 0.571. The normalized spacial score (nSPS) is 15.9. The molecular formula is C14H21N3O2. The second-order valence-corrected chi connectivity index (χ2v) is 5.46. The standard InChI is InChI=1S/C14H21N3O2/c1-17(2)13(19)11-3-4-12(15-9-11)16-10-14(5-6-14)7-8-18/h3-4,9,18H,5-8,10H2,1-2H3,(H,15,16). The average molecular weight is 263 g/mol. The molecule has 1 fully saturated rings. The van der Waals surface area contributed by atoms with Crippen molar-refractivity contribution in [3.8, 4) is 0 Å². The van der Waals surface area contributed by atoms with Crippen LogP contribution in [0.2, 0.25) is 0 Å². The molecule has 1 heterocycles. The predicted molar refractivity (Wildman–Crippen MR) is 74.1 cm³/mol. The number of amides is 1. The van der Waals surface area contributed by atoms with E-state index in [4.69, 9.17) is 5.11 Å². The molecule has 104 valence electrons. The summed E-state index contributed by atoms with van der Waals surface area (Å²) in [4.78, 5) is 17.5. The van der Waals surface area contributed by atoms with Crippen LogP contribution in [0.4, 0.5) is 5.82 Å². The van der Waals surface area contributed by atoms with Crippen molar-refractivity contribution < 1.29 is 9.90 Å². The first kappa shape index (κ1) is 13.8. The first-order valence-corrected chi connectivity index (χ1v) is 6.59. The second-order valence-electron chi connectivity index (χ2n) is 5.46. The summed E-state index contributed by atoms with van der Waals surface area (Å²) in [5.41, 5.74) is 0.848. The molecule has 0 aromatic carbocycles. The third kappa shape index (κ3) is 3.44. The maximum atomic E-state index is 11.7. The van der Waals surface area contributed by atoms with Crippen molar-refractivity contribution in [1.29, 1.82) is 0 Å². The number of hydrogen-bond donors (Lipinski definition) is 2. The van der Waals surface area contributed by atoms with Crippen molar-refractivity contribution in [2.75, 3.05) is 32.6 Å². The van der Waals surface area contributed by atoms with Crippen LogP contribution >= 0.6 is 0 Å². The SMILES string of the molecule is CN(C)C(=O)c1ccc(NCC2(CCO)CC2)nc1. The Kier molecular flexibility index (Phi) is 4.04. The van der Waals surface area contributed by atoms with Gasteiger partial charge < -0.3 is 15.3 Å². The molecule has 0 unspecified atom stereocenters. The van der Waals surface area contributed by atoms with E-state index in [1.165, 1.54) is 4.90 Å². The van der Waals surface area contributed by atoms with Gasteiger partial charge in [0.1, 0.15) is 5.82 Å². The molecule has 0 aliphatic heterocycles. The van der Waals surface area contributed by atoms with Crippen LogP contribution in [0.3, 0.4) is 0 Å². The molecule has 2 rings (SSSR count). The lowest BCUT2D eigenvalue weighted by Gasteiger charge is -2.15. The lowest BCUT2D eigenvalue weighted by Crippen LogP contribution is -2.22. The van der Waals surface area contributed by atoms with Crippen molar-refractivity contribution >= 4 is 11.7 Å². The van der Waals surface area contributed by atoms with Gasteiger partial charge in [-0.05, 0) is 36.8 Å². The molecule has 0 bridgehead atoms. The minimum Gasteiger partial charge on any atom is -0.396 e. The summed E-state index contributed by atoms with van der Waals surface area (Å²) in [5, 5.41) is 12.3. The summed E-state index contributed by atoms with van der Waals surface area (Å²) in [6, 6.07) is 3.61. The van der Waals surface area contributed by atoms with E-state index >= 15 is 0 Å². The lowest BCUT2D eigenvalue weighted by molar-refractivity contribution is 0.0827. The average Bonchev–Trinajstić information content (AvgIpc) is 3.17. The number of nitrogens with one attached hydrogen (secondary N) is 1. The van der Waals surface area contributed by atoms with E-state index in [0.29, 0.717) is 5.56 Å². The highest BCUT2D eigenvalue weighted by atomic mass is 16.3. The number of pyridine rings is 1. The van der Waals surface area contributed by atoms with Crippen LogP contribution in [0, 0.1) is 5.41 Å². The van der Waals surface area contributed by atoms with E-state index in [1.807, 2.05) is 6.07 Å². The number of carbonyl (C=O) groups is 1. The van der Waals surface area contributed by atoms with E-state index < -0.39 is 0 Å². The molecule has 1 amide bonds.